The van der Waals surface area contributed by atoms with Crippen molar-refractivity contribution in [3.05, 3.63) is 65.4 Å². The van der Waals surface area contributed by atoms with Crippen molar-refractivity contribution in [1.82, 2.24) is 20.0 Å². The molecule has 28 heavy (non-hydrogen) atoms. The van der Waals surface area contributed by atoms with Crippen LogP contribution in [0.4, 0.5) is 0 Å². The van der Waals surface area contributed by atoms with Crippen LogP contribution in [0.15, 0.2) is 48.5 Å². The Morgan fingerprint density at radius 1 is 1.04 bits per heavy atom. The van der Waals surface area contributed by atoms with Crippen LogP contribution in [0.3, 0.4) is 0 Å². The smallest absolute Gasteiger partial charge is 0.275 e. The minimum Gasteiger partial charge on any atom is -0.350 e. The van der Waals surface area contributed by atoms with Gasteiger partial charge >= 0.3 is 0 Å². The standard InChI is InChI=1S/C22H24N4O2/c1-16-8-2-3-9-17(16)14-23-20(27)15-26-19-11-5-4-10-18(19)21(24-26)22(28)25-12-6-7-13-25/h2-5,8-11H,6-7,12-15H2,1H3,(H,23,27). The number of hydrogen-bond acceptors (Lipinski definition) is 3. The molecule has 3 aromatic rings. The Morgan fingerprint density at radius 3 is 2.54 bits per heavy atom. The number of rotatable bonds is 5. The molecule has 0 atom stereocenters. The summed E-state index contributed by atoms with van der Waals surface area (Å²) in [5.41, 5.74) is 3.47. The van der Waals surface area contributed by atoms with E-state index in [4.69, 9.17) is 0 Å². The van der Waals surface area contributed by atoms with Crippen LogP contribution in [0.25, 0.3) is 10.9 Å². The van der Waals surface area contributed by atoms with Crippen LogP contribution in [-0.4, -0.2) is 39.6 Å². The van der Waals surface area contributed by atoms with E-state index in [0.29, 0.717) is 12.2 Å². The summed E-state index contributed by atoms with van der Waals surface area (Å²) in [6.07, 6.45) is 2.07. The van der Waals surface area contributed by atoms with Gasteiger partial charge in [0, 0.05) is 25.0 Å². The van der Waals surface area contributed by atoms with E-state index in [-0.39, 0.29) is 18.4 Å². The van der Waals surface area contributed by atoms with Crippen LogP contribution >= 0.6 is 0 Å². The number of fused-ring (bicyclic) bond motifs is 1. The first-order valence-electron chi connectivity index (χ1n) is 9.69. The molecule has 144 valence electrons. The number of likely N-dealkylation sites (tertiary alicyclic amines) is 1. The minimum atomic E-state index is -0.128. The maximum absolute atomic E-state index is 12.9. The maximum Gasteiger partial charge on any atom is 0.275 e. The summed E-state index contributed by atoms with van der Waals surface area (Å²) in [5.74, 6) is -0.176. The normalized spacial score (nSPS) is 13.8. The van der Waals surface area contributed by atoms with Crippen molar-refractivity contribution in [2.24, 2.45) is 0 Å². The molecular weight excluding hydrogens is 352 g/mol. The highest BCUT2D eigenvalue weighted by atomic mass is 16.2. The molecule has 2 heterocycles. The Bertz CT molecular complexity index is 1020. The van der Waals surface area contributed by atoms with Gasteiger partial charge in [0.05, 0.1) is 5.52 Å². The average molecular weight is 376 g/mol. The third kappa shape index (κ3) is 3.63. The number of amides is 2. The van der Waals surface area contributed by atoms with Crippen molar-refractivity contribution in [1.29, 1.82) is 0 Å². The first kappa shape index (κ1) is 18.2. The Kier molecular flexibility index (Phi) is 5.10. The van der Waals surface area contributed by atoms with Gasteiger partial charge in [-0.25, -0.2) is 0 Å². The van der Waals surface area contributed by atoms with Crippen LogP contribution in [0.1, 0.15) is 34.5 Å². The second-order valence-corrected chi connectivity index (χ2v) is 7.23. The zero-order chi connectivity index (χ0) is 19.5. The minimum absolute atomic E-state index is 0.0484. The average Bonchev–Trinajstić information content (AvgIpc) is 3.36. The summed E-state index contributed by atoms with van der Waals surface area (Å²) >= 11 is 0. The van der Waals surface area contributed by atoms with Crippen LogP contribution in [0.5, 0.6) is 0 Å². The summed E-state index contributed by atoms with van der Waals surface area (Å²) < 4.78 is 1.63. The molecule has 0 aliphatic carbocycles. The maximum atomic E-state index is 12.9. The lowest BCUT2D eigenvalue weighted by Gasteiger charge is -2.13. The van der Waals surface area contributed by atoms with E-state index in [1.54, 1.807) is 4.68 Å². The molecule has 1 saturated heterocycles. The van der Waals surface area contributed by atoms with Gasteiger partial charge in [-0.1, -0.05) is 42.5 Å². The number of nitrogens with zero attached hydrogens (tertiary/aromatic N) is 3. The van der Waals surface area contributed by atoms with Crippen molar-refractivity contribution in [3.63, 3.8) is 0 Å². The lowest BCUT2D eigenvalue weighted by molar-refractivity contribution is -0.121. The fourth-order valence-electron chi connectivity index (χ4n) is 3.67. The van der Waals surface area contributed by atoms with Gasteiger partial charge in [-0.15, -0.1) is 0 Å². The molecule has 2 amide bonds. The zero-order valence-corrected chi connectivity index (χ0v) is 16.0. The molecular formula is C22H24N4O2. The number of carbonyl (C=O) groups excluding carboxylic acids is 2. The summed E-state index contributed by atoms with van der Waals surface area (Å²) in [6.45, 7) is 4.14. The molecule has 6 nitrogen and oxygen atoms in total. The van der Waals surface area contributed by atoms with Gasteiger partial charge in [0.15, 0.2) is 5.69 Å². The molecule has 0 unspecified atom stereocenters. The number of aromatic nitrogens is 2. The Morgan fingerprint density at radius 2 is 1.75 bits per heavy atom. The van der Waals surface area contributed by atoms with Crippen molar-refractivity contribution in [3.8, 4) is 0 Å². The first-order valence-corrected chi connectivity index (χ1v) is 9.69. The first-order chi connectivity index (χ1) is 13.6. The van der Waals surface area contributed by atoms with Gasteiger partial charge in [0.2, 0.25) is 5.91 Å². The van der Waals surface area contributed by atoms with Gasteiger partial charge < -0.3 is 10.2 Å². The molecule has 0 spiro atoms. The lowest BCUT2D eigenvalue weighted by Crippen LogP contribution is -2.29. The number of benzene rings is 2. The largest absolute Gasteiger partial charge is 0.350 e. The Balaban J connectivity index is 1.53. The predicted molar refractivity (Wildman–Crippen MR) is 108 cm³/mol. The quantitative estimate of drug-likeness (QED) is 0.745. The summed E-state index contributed by atoms with van der Waals surface area (Å²) in [7, 11) is 0. The number of carbonyl (C=O) groups is 2. The van der Waals surface area contributed by atoms with E-state index in [2.05, 4.69) is 10.4 Å². The van der Waals surface area contributed by atoms with Crippen LogP contribution < -0.4 is 5.32 Å². The highest BCUT2D eigenvalue weighted by molar-refractivity contribution is 6.05. The number of nitrogens with one attached hydrogen (secondary N) is 1. The van der Waals surface area contributed by atoms with E-state index < -0.39 is 0 Å². The number of aryl methyl sites for hydroxylation is 1. The van der Waals surface area contributed by atoms with Crippen molar-refractivity contribution >= 4 is 22.7 Å². The third-order valence-electron chi connectivity index (χ3n) is 5.28. The molecule has 1 fully saturated rings. The fraction of sp³-hybridized carbons (Fsp3) is 0.318. The van der Waals surface area contributed by atoms with E-state index in [9.17, 15) is 9.59 Å². The van der Waals surface area contributed by atoms with E-state index in [0.717, 1.165) is 48.0 Å². The lowest BCUT2D eigenvalue weighted by atomic mass is 10.1. The molecule has 4 rings (SSSR count). The second kappa shape index (κ2) is 7.84. The Labute approximate surface area is 164 Å². The highest BCUT2D eigenvalue weighted by Gasteiger charge is 2.25. The van der Waals surface area contributed by atoms with Gasteiger partial charge in [-0.3, -0.25) is 14.3 Å². The topological polar surface area (TPSA) is 67.2 Å². The molecule has 1 aromatic heterocycles. The Hall–Kier alpha value is -3.15. The van der Waals surface area contributed by atoms with E-state index >= 15 is 0 Å². The zero-order valence-electron chi connectivity index (χ0n) is 16.0. The molecule has 6 heteroatoms. The van der Waals surface area contributed by atoms with Gasteiger partial charge in [-0.2, -0.15) is 5.10 Å². The second-order valence-electron chi connectivity index (χ2n) is 7.23. The molecule has 1 aliphatic heterocycles. The third-order valence-corrected chi connectivity index (χ3v) is 5.28. The SMILES string of the molecule is Cc1ccccc1CNC(=O)Cn1nc(C(=O)N2CCCC2)c2ccccc21. The van der Waals surface area contributed by atoms with E-state index in [1.165, 1.54) is 0 Å². The van der Waals surface area contributed by atoms with Gasteiger partial charge in [-0.05, 0) is 37.0 Å². The summed E-state index contributed by atoms with van der Waals surface area (Å²) in [6, 6.07) is 15.6. The molecule has 0 radical (unpaired) electrons. The van der Waals surface area contributed by atoms with E-state index in [1.807, 2.05) is 60.4 Å². The summed E-state index contributed by atoms with van der Waals surface area (Å²) in [4.78, 5) is 27.2. The van der Waals surface area contributed by atoms with Crippen LogP contribution in [0.2, 0.25) is 0 Å². The molecule has 0 bridgehead atoms. The van der Waals surface area contributed by atoms with Gasteiger partial charge in [0.1, 0.15) is 6.54 Å². The number of hydrogen-bond donors (Lipinski definition) is 1. The van der Waals surface area contributed by atoms with Crippen LogP contribution in [-0.2, 0) is 17.9 Å². The molecule has 2 aromatic carbocycles. The monoisotopic (exact) mass is 376 g/mol. The van der Waals surface area contributed by atoms with Crippen molar-refractivity contribution < 1.29 is 9.59 Å². The predicted octanol–water partition coefficient (Wildman–Crippen LogP) is 2.90. The van der Waals surface area contributed by atoms with Gasteiger partial charge in [0.25, 0.3) is 5.91 Å². The summed E-state index contributed by atoms with van der Waals surface area (Å²) in [5, 5.41) is 8.26. The molecule has 0 saturated carbocycles. The van der Waals surface area contributed by atoms with Crippen molar-refractivity contribution in [2.75, 3.05) is 13.1 Å². The van der Waals surface area contributed by atoms with Crippen LogP contribution in [0, 0.1) is 6.92 Å². The molecule has 1 N–H and O–H groups in total. The fourth-order valence-corrected chi connectivity index (χ4v) is 3.67. The molecule has 1 aliphatic rings. The highest BCUT2D eigenvalue weighted by Crippen LogP contribution is 2.21. The number of para-hydroxylation sites is 1. The van der Waals surface area contributed by atoms with Crippen molar-refractivity contribution in [2.45, 2.75) is 32.9 Å².